The third-order valence-corrected chi connectivity index (χ3v) is 11.8. The average molecular weight is 734 g/mol. The normalized spacial score (nSPS) is 28.0. The number of rotatable bonds is 9. The topological polar surface area (TPSA) is 152 Å². The molecule has 0 saturated carbocycles. The van der Waals surface area contributed by atoms with E-state index in [1.54, 1.807) is 43.5 Å². The summed E-state index contributed by atoms with van der Waals surface area (Å²) in [4.78, 5) is 59.2. The van der Waals surface area contributed by atoms with Crippen LogP contribution in [0.25, 0.3) is 17.0 Å². The monoisotopic (exact) mass is 733 g/mol. The van der Waals surface area contributed by atoms with E-state index in [2.05, 4.69) is 66.1 Å². The molecule has 1 aromatic heterocycles. The molecule has 8 atom stereocenters. The Morgan fingerprint density at radius 1 is 1.04 bits per heavy atom. The molecule has 10 nitrogen and oxygen atoms in total. The average Bonchev–Trinajstić information content (AvgIpc) is 3.67. The fourth-order valence-corrected chi connectivity index (χ4v) is 8.95. The smallest absolute Gasteiger partial charge is 0.254 e. The van der Waals surface area contributed by atoms with Crippen LogP contribution in [0.1, 0.15) is 89.6 Å². The quantitative estimate of drug-likeness (QED) is 0.107. The van der Waals surface area contributed by atoms with Crippen molar-refractivity contribution in [2.45, 2.75) is 97.9 Å². The molecule has 2 aromatic carbocycles. The number of amides is 3. The number of fused-ring (bicyclic) bond motifs is 1. The molecule has 2 aliphatic carbocycles. The van der Waals surface area contributed by atoms with Gasteiger partial charge in [-0.1, -0.05) is 74.4 Å². The van der Waals surface area contributed by atoms with E-state index in [9.17, 15) is 24.3 Å². The van der Waals surface area contributed by atoms with Gasteiger partial charge < -0.3 is 31.4 Å². The van der Waals surface area contributed by atoms with Crippen LogP contribution in [0.3, 0.4) is 0 Å². The summed E-state index contributed by atoms with van der Waals surface area (Å²) < 4.78 is 0. The zero-order valence-electron chi connectivity index (χ0n) is 32.2. The molecule has 1 spiro atoms. The van der Waals surface area contributed by atoms with Gasteiger partial charge in [-0.3, -0.25) is 19.2 Å². The summed E-state index contributed by atoms with van der Waals surface area (Å²) in [5.74, 6) is -1.61. The number of aromatic nitrogens is 1. The summed E-state index contributed by atoms with van der Waals surface area (Å²) in [7, 11) is 0. The van der Waals surface area contributed by atoms with Crippen molar-refractivity contribution in [3.63, 3.8) is 0 Å². The van der Waals surface area contributed by atoms with Crippen LogP contribution >= 0.6 is 0 Å². The van der Waals surface area contributed by atoms with Gasteiger partial charge in [-0.2, -0.15) is 0 Å². The summed E-state index contributed by atoms with van der Waals surface area (Å²) in [6.45, 7) is 12.1. The summed E-state index contributed by atoms with van der Waals surface area (Å²) in [6, 6.07) is 13.0. The van der Waals surface area contributed by atoms with E-state index < -0.39 is 41.3 Å². The summed E-state index contributed by atoms with van der Waals surface area (Å²) in [6.07, 6.45) is 11.1. The van der Waals surface area contributed by atoms with Crippen LogP contribution in [-0.2, 0) is 14.4 Å². The molecule has 3 aliphatic rings. The number of Topliss-reactive ketones (excluding diaryl/α,β-unsaturated/α-hetero) is 1. The van der Waals surface area contributed by atoms with Gasteiger partial charge in [-0.15, -0.1) is 0 Å². The number of hydrogen-bond acceptors (Lipinski definition) is 6. The molecule has 1 aliphatic heterocycles. The Labute approximate surface area is 318 Å². The fourth-order valence-electron chi connectivity index (χ4n) is 8.95. The molecule has 2 heterocycles. The maximum Gasteiger partial charge on any atom is 0.254 e. The van der Waals surface area contributed by atoms with Crippen LogP contribution in [0, 0.1) is 29.1 Å². The van der Waals surface area contributed by atoms with Crippen LogP contribution in [-0.4, -0.2) is 57.8 Å². The Morgan fingerprint density at radius 3 is 2.56 bits per heavy atom. The number of carbonyl (C=O) groups excluding carboxylic acids is 4. The summed E-state index contributed by atoms with van der Waals surface area (Å²) in [5, 5.41) is 24.9. The highest BCUT2D eigenvalue weighted by Gasteiger charge is 2.65. The molecule has 6 rings (SSSR count). The van der Waals surface area contributed by atoms with Gasteiger partial charge in [0.25, 0.3) is 5.91 Å². The Kier molecular flexibility index (Phi) is 11.6. The lowest BCUT2D eigenvalue weighted by Gasteiger charge is -2.45. The number of H-pyrrole nitrogens is 1. The molecule has 3 amide bonds. The maximum absolute atomic E-state index is 15.0. The highest BCUT2D eigenvalue weighted by molar-refractivity contribution is 6.10. The Balaban J connectivity index is 1.22. The number of para-hydroxylation sites is 2. The lowest BCUT2D eigenvalue weighted by molar-refractivity contribution is -0.145. The van der Waals surface area contributed by atoms with Crippen LogP contribution in [0.5, 0.6) is 0 Å². The number of anilines is 1. The second kappa shape index (κ2) is 16.2. The number of hydrogen-bond donors (Lipinski definition) is 6. The van der Waals surface area contributed by atoms with Gasteiger partial charge in [0.1, 0.15) is 11.5 Å². The number of carbonyl (C=O) groups is 4. The Morgan fingerprint density at radius 2 is 1.78 bits per heavy atom. The predicted octanol–water partition coefficient (Wildman–Crippen LogP) is 6.66. The molecule has 2 unspecified atom stereocenters. The van der Waals surface area contributed by atoms with E-state index in [4.69, 9.17) is 0 Å². The third-order valence-electron chi connectivity index (χ3n) is 11.8. The van der Waals surface area contributed by atoms with Crippen LogP contribution in [0.2, 0.25) is 0 Å². The molecule has 0 bridgehead atoms. The first-order valence-electron chi connectivity index (χ1n) is 19.4. The number of ketones is 1. The lowest BCUT2D eigenvalue weighted by atomic mass is 9.54. The standard InChI is InChI=1S/C44H55N5O5/c1-25(2)20-37-40-28(5)27(4)22-31-21-26(3)12-11-17-38(50)36(23-39(51)44(31,40)43(54)49-37)48-35-16-10-8-14-33(35)42(53)47-29(6)41(52)45-19-18-30-24-46-34-15-9-7-13-32(30)34/h7-10,13-16,18-19,21-22,24-25,28-29,31,36-38,40,46,48,50H,11-12,17,20,23H2,1-6H3,(H,45,52)(H,47,53)(H,49,54)/b19-18+,26-21?/t28-,29-,31+,36?,37+,38?,40+,44-/m1/s1. The number of aromatic amines is 1. The minimum Gasteiger partial charge on any atom is -0.391 e. The molecule has 1 fully saturated rings. The Hall–Kier alpha value is -4.96. The van der Waals surface area contributed by atoms with E-state index in [-0.39, 0.29) is 41.6 Å². The van der Waals surface area contributed by atoms with Crippen molar-refractivity contribution >= 4 is 46.2 Å². The summed E-state index contributed by atoms with van der Waals surface area (Å²) in [5.41, 5.74) is 3.57. The molecule has 54 heavy (non-hydrogen) atoms. The first kappa shape index (κ1) is 38.8. The van der Waals surface area contributed by atoms with E-state index in [1.165, 1.54) is 5.57 Å². The minimum atomic E-state index is -1.31. The first-order chi connectivity index (χ1) is 25.8. The molecular formula is C44H55N5O5. The molecule has 286 valence electrons. The number of aliphatic hydroxyl groups excluding tert-OH is 1. The first-order valence-corrected chi connectivity index (χ1v) is 19.4. The van der Waals surface area contributed by atoms with Gasteiger partial charge in [0.05, 0.1) is 17.7 Å². The zero-order chi connectivity index (χ0) is 38.7. The van der Waals surface area contributed by atoms with Crippen molar-refractivity contribution in [1.29, 1.82) is 0 Å². The molecule has 0 radical (unpaired) electrons. The largest absolute Gasteiger partial charge is 0.391 e. The van der Waals surface area contributed by atoms with Gasteiger partial charge in [-0.25, -0.2) is 0 Å². The van der Waals surface area contributed by atoms with Gasteiger partial charge in [0.15, 0.2) is 5.78 Å². The fraction of sp³-hybridized carbons (Fsp3) is 0.455. The molecule has 6 N–H and O–H groups in total. The molecular weight excluding hydrogens is 679 g/mol. The van der Waals surface area contributed by atoms with Crippen molar-refractivity contribution < 1.29 is 24.3 Å². The maximum atomic E-state index is 15.0. The van der Waals surface area contributed by atoms with Gasteiger partial charge >= 0.3 is 0 Å². The highest BCUT2D eigenvalue weighted by atomic mass is 16.3. The van der Waals surface area contributed by atoms with E-state index >= 15 is 0 Å². The number of nitrogens with one attached hydrogen (secondary N) is 5. The van der Waals surface area contributed by atoms with Gasteiger partial charge in [-0.05, 0) is 82.6 Å². The van der Waals surface area contributed by atoms with Crippen molar-refractivity contribution in [3.05, 3.63) is 95.4 Å². The van der Waals surface area contributed by atoms with Gasteiger partial charge in [0.2, 0.25) is 11.8 Å². The van der Waals surface area contributed by atoms with E-state index in [1.807, 2.05) is 37.4 Å². The predicted molar refractivity (Wildman–Crippen MR) is 213 cm³/mol. The Bertz CT molecular complexity index is 1990. The van der Waals surface area contributed by atoms with Crippen LogP contribution < -0.4 is 21.3 Å². The molecule has 1 saturated heterocycles. The third kappa shape index (κ3) is 7.67. The number of allylic oxidation sites excluding steroid dienone is 4. The second-order valence-electron chi connectivity index (χ2n) is 16.1. The van der Waals surface area contributed by atoms with Crippen molar-refractivity contribution in [1.82, 2.24) is 20.9 Å². The second-order valence-corrected chi connectivity index (χ2v) is 16.1. The molecule has 10 heteroatoms. The zero-order valence-corrected chi connectivity index (χ0v) is 32.2. The number of aliphatic hydroxyl groups is 1. The highest BCUT2D eigenvalue weighted by Crippen LogP contribution is 2.55. The van der Waals surface area contributed by atoms with Crippen molar-refractivity contribution in [2.75, 3.05) is 5.32 Å². The van der Waals surface area contributed by atoms with Crippen LogP contribution in [0.4, 0.5) is 5.69 Å². The van der Waals surface area contributed by atoms with Crippen molar-refractivity contribution in [3.8, 4) is 0 Å². The van der Waals surface area contributed by atoms with E-state index in [0.29, 0.717) is 24.4 Å². The lowest BCUT2D eigenvalue weighted by Crippen LogP contribution is -2.54. The van der Waals surface area contributed by atoms with Crippen molar-refractivity contribution in [2.24, 2.45) is 29.1 Å². The summed E-state index contributed by atoms with van der Waals surface area (Å²) >= 11 is 0. The minimum absolute atomic E-state index is 0.00990. The SMILES string of the molecule is CC1=C[C@H]2C=C(C)[C@@H](C)[C@H]3[C@H](CC(C)C)NC(=O)[C@@]23C(=O)CC(Nc2ccccc2C(=O)N[C@H](C)C(=O)N/C=C/c2c[nH]c3ccccc23)C(O)CCC1. The van der Waals surface area contributed by atoms with Crippen LogP contribution in [0.15, 0.2) is 84.2 Å². The number of benzene rings is 2. The molecule has 3 aromatic rings. The van der Waals surface area contributed by atoms with E-state index in [0.717, 1.165) is 34.9 Å². The van der Waals surface area contributed by atoms with Gasteiger partial charge in [0, 0.05) is 58.8 Å².